The number of rotatable bonds is 5. The van der Waals surface area contributed by atoms with Crippen molar-refractivity contribution in [1.29, 1.82) is 0 Å². The molecule has 1 amide bonds. The number of anilines is 1. The lowest BCUT2D eigenvalue weighted by molar-refractivity contribution is 0.102. The maximum Gasteiger partial charge on any atom is 0.255 e. The number of amides is 1. The first-order valence-corrected chi connectivity index (χ1v) is 7.91. The zero-order chi connectivity index (χ0) is 16.8. The summed E-state index contributed by atoms with van der Waals surface area (Å²) in [7, 11) is 0. The molecule has 1 N–H and O–H groups in total. The van der Waals surface area contributed by atoms with Gasteiger partial charge in [-0.15, -0.1) is 0 Å². The molecule has 0 aliphatic heterocycles. The summed E-state index contributed by atoms with van der Waals surface area (Å²) in [6.45, 7) is 0. The van der Waals surface area contributed by atoms with Gasteiger partial charge < -0.3 is 5.32 Å². The summed E-state index contributed by atoms with van der Waals surface area (Å²) in [4.78, 5) is 12.5. The maximum atomic E-state index is 13.3. The minimum atomic E-state index is -0.370. The SMILES string of the molecule is O=C(Nc1cccc(F)c1)c1ccccc1CCc1ccccc1. The number of hydrogen-bond donors (Lipinski definition) is 1. The van der Waals surface area contributed by atoms with Crippen LogP contribution in [0.25, 0.3) is 0 Å². The van der Waals surface area contributed by atoms with Crippen molar-refractivity contribution in [3.63, 3.8) is 0 Å². The summed E-state index contributed by atoms with van der Waals surface area (Å²) in [5.74, 6) is -0.588. The maximum absolute atomic E-state index is 13.3. The molecule has 3 aromatic rings. The van der Waals surface area contributed by atoms with Crippen LogP contribution in [0.4, 0.5) is 10.1 Å². The van der Waals surface area contributed by atoms with E-state index >= 15 is 0 Å². The average Bonchev–Trinajstić information content (AvgIpc) is 2.61. The van der Waals surface area contributed by atoms with Crippen LogP contribution in [0.3, 0.4) is 0 Å². The summed E-state index contributed by atoms with van der Waals surface area (Å²) in [5, 5.41) is 2.76. The Balaban J connectivity index is 1.74. The van der Waals surface area contributed by atoms with Crippen LogP contribution in [0, 0.1) is 5.82 Å². The molecule has 0 aliphatic rings. The van der Waals surface area contributed by atoms with Crippen molar-refractivity contribution in [1.82, 2.24) is 0 Å². The van der Waals surface area contributed by atoms with Gasteiger partial charge in [0.25, 0.3) is 5.91 Å². The van der Waals surface area contributed by atoms with Crippen molar-refractivity contribution in [2.24, 2.45) is 0 Å². The highest BCUT2D eigenvalue weighted by molar-refractivity contribution is 6.05. The number of hydrogen-bond acceptors (Lipinski definition) is 1. The quantitative estimate of drug-likeness (QED) is 0.714. The van der Waals surface area contributed by atoms with Crippen molar-refractivity contribution in [2.45, 2.75) is 12.8 Å². The van der Waals surface area contributed by atoms with Crippen molar-refractivity contribution in [2.75, 3.05) is 5.32 Å². The zero-order valence-corrected chi connectivity index (χ0v) is 13.2. The molecule has 24 heavy (non-hydrogen) atoms. The Morgan fingerprint density at radius 2 is 1.58 bits per heavy atom. The summed E-state index contributed by atoms with van der Waals surface area (Å²) in [6.07, 6.45) is 1.64. The third-order valence-electron chi connectivity index (χ3n) is 3.87. The number of halogens is 1. The van der Waals surface area contributed by atoms with E-state index in [1.165, 1.54) is 17.7 Å². The van der Waals surface area contributed by atoms with E-state index in [9.17, 15) is 9.18 Å². The van der Waals surface area contributed by atoms with Gasteiger partial charge in [0.15, 0.2) is 0 Å². The fourth-order valence-corrected chi connectivity index (χ4v) is 2.65. The third kappa shape index (κ3) is 4.07. The smallest absolute Gasteiger partial charge is 0.255 e. The fraction of sp³-hybridized carbons (Fsp3) is 0.0952. The van der Waals surface area contributed by atoms with Crippen LogP contribution in [0.5, 0.6) is 0 Å². The van der Waals surface area contributed by atoms with E-state index in [2.05, 4.69) is 17.4 Å². The number of aryl methyl sites for hydroxylation is 2. The predicted octanol–water partition coefficient (Wildman–Crippen LogP) is 4.86. The lowest BCUT2D eigenvalue weighted by Crippen LogP contribution is -2.14. The summed E-state index contributed by atoms with van der Waals surface area (Å²) >= 11 is 0. The lowest BCUT2D eigenvalue weighted by atomic mass is 9.99. The van der Waals surface area contributed by atoms with Crippen molar-refractivity contribution >= 4 is 11.6 Å². The van der Waals surface area contributed by atoms with Gasteiger partial charge in [-0.25, -0.2) is 4.39 Å². The van der Waals surface area contributed by atoms with Crippen LogP contribution >= 0.6 is 0 Å². The largest absolute Gasteiger partial charge is 0.322 e. The normalized spacial score (nSPS) is 10.4. The Labute approximate surface area is 141 Å². The number of carbonyl (C=O) groups is 1. The van der Waals surface area contributed by atoms with Gasteiger partial charge in [-0.05, 0) is 48.2 Å². The van der Waals surface area contributed by atoms with E-state index in [4.69, 9.17) is 0 Å². The molecule has 3 aromatic carbocycles. The second-order valence-corrected chi connectivity index (χ2v) is 5.61. The topological polar surface area (TPSA) is 29.1 Å². The molecule has 0 radical (unpaired) electrons. The highest BCUT2D eigenvalue weighted by Crippen LogP contribution is 2.16. The zero-order valence-electron chi connectivity index (χ0n) is 13.2. The van der Waals surface area contributed by atoms with Crippen LogP contribution in [0.1, 0.15) is 21.5 Å². The molecule has 0 aliphatic carbocycles. The fourth-order valence-electron chi connectivity index (χ4n) is 2.65. The Kier molecular flexibility index (Phi) is 5.02. The molecule has 3 rings (SSSR count). The van der Waals surface area contributed by atoms with E-state index in [-0.39, 0.29) is 11.7 Å². The highest BCUT2D eigenvalue weighted by atomic mass is 19.1. The van der Waals surface area contributed by atoms with E-state index in [0.29, 0.717) is 11.3 Å². The third-order valence-corrected chi connectivity index (χ3v) is 3.87. The molecule has 0 saturated heterocycles. The van der Waals surface area contributed by atoms with Gasteiger partial charge in [0.1, 0.15) is 5.82 Å². The monoisotopic (exact) mass is 319 g/mol. The predicted molar refractivity (Wildman–Crippen MR) is 94.6 cm³/mol. The summed E-state index contributed by atoms with van der Waals surface area (Å²) in [5.41, 5.74) is 3.30. The summed E-state index contributed by atoms with van der Waals surface area (Å²) in [6, 6.07) is 23.6. The van der Waals surface area contributed by atoms with Crippen LogP contribution < -0.4 is 5.32 Å². The van der Waals surface area contributed by atoms with Crippen LogP contribution in [0.2, 0.25) is 0 Å². The second kappa shape index (κ2) is 7.55. The highest BCUT2D eigenvalue weighted by Gasteiger charge is 2.11. The van der Waals surface area contributed by atoms with Crippen LogP contribution in [-0.4, -0.2) is 5.91 Å². The summed E-state index contributed by atoms with van der Waals surface area (Å²) < 4.78 is 13.3. The number of carbonyl (C=O) groups excluding carboxylic acids is 1. The molecular formula is C21H18FNO. The molecule has 3 heteroatoms. The van der Waals surface area contributed by atoms with Gasteiger partial charge in [-0.2, -0.15) is 0 Å². The standard InChI is InChI=1S/C21H18FNO/c22-18-10-6-11-19(15-18)23-21(24)20-12-5-4-9-17(20)14-13-16-7-2-1-3-8-16/h1-12,15H,13-14H2,(H,23,24). The molecule has 0 heterocycles. The van der Waals surface area contributed by atoms with E-state index in [1.807, 2.05) is 36.4 Å². The van der Waals surface area contributed by atoms with E-state index < -0.39 is 0 Å². The van der Waals surface area contributed by atoms with Gasteiger partial charge in [-0.3, -0.25) is 4.79 Å². The van der Waals surface area contributed by atoms with Crippen LogP contribution in [-0.2, 0) is 12.8 Å². The van der Waals surface area contributed by atoms with E-state index in [1.54, 1.807) is 18.2 Å². The molecule has 0 aromatic heterocycles. The molecule has 120 valence electrons. The number of benzene rings is 3. The van der Waals surface area contributed by atoms with Crippen LogP contribution in [0.15, 0.2) is 78.9 Å². The van der Waals surface area contributed by atoms with Gasteiger partial charge >= 0.3 is 0 Å². The Bertz CT molecular complexity index is 830. The molecule has 0 bridgehead atoms. The van der Waals surface area contributed by atoms with Gasteiger partial charge in [-0.1, -0.05) is 54.6 Å². The average molecular weight is 319 g/mol. The number of nitrogens with one attached hydrogen (secondary N) is 1. The Morgan fingerprint density at radius 1 is 0.833 bits per heavy atom. The van der Waals surface area contributed by atoms with Crippen molar-refractivity contribution < 1.29 is 9.18 Å². The molecule has 0 fully saturated rings. The minimum absolute atomic E-state index is 0.218. The van der Waals surface area contributed by atoms with E-state index in [0.717, 1.165) is 18.4 Å². The first kappa shape index (κ1) is 15.9. The lowest BCUT2D eigenvalue weighted by Gasteiger charge is -2.10. The Morgan fingerprint density at radius 3 is 2.38 bits per heavy atom. The first-order chi connectivity index (χ1) is 11.7. The van der Waals surface area contributed by atoms with Crippen molar-refractivity contribution in [3.8, 4) is 0 Å². The molecule has 0 unspecified atom stereocenters. The minimum Gasteiger partial charge on any atom is -0.322 e. The van der Waals surface area contributed by atoms with Gasteiger partial charge in [0.2, 0.25) is 0 Å². The molecule has 0 saturated carbocycles. The molecule has 2 nitrogen and oxygen atoms in total. The molecular weight excluding hydrogens is 301 g/mol. The van der Waals surface area contributed by atoms with Crippen molar-refractivity contribution in [3.05, 3.63) is 101 Å². The van der Waals surface area contributed by atoms with Gasteiger partial charge in [0.05, 0.1) is 0 Å². The molecule has 0 atom stereocenters. The first-order valence-electron chi connectivity index (χ1n) is 7.91. The van der Waals surface area contributed by atoms with Gasteiger partial charge in [0, 0.05) is 11.3 Å². The second-order valence-electron chi connectivity index (χ2n) is 5.61. The Hall–Kier alpha value is -2.94. The molecule has 0 spiro atoms.